The lowest BCUT2D eigenvalue weighted by Crippen LogP contribution is -2.42. The Hall–Kier alpha value is -2.01. The zero-order valence-corrected chi connectivity index (χ0v) is 13.2. The Balaban J connectivity index is 1.91. The lowest BCUT2D eigenvalue weighted by molar-refractivity contribution is -0.140. The molecular formula is C16H19ClN2O3. The van der Waals surface area contributed by atoms with Crippen LogP contribution in [-0.2, 0) is 9.53 Å². The second-order valence-corrected chi connectivity index (χ2v) is 5.74. The largest absolute Gasteiger partial charge is 0.460 e. The summed E-state index contributed by atoms with van der Waals surface area (Å²) >= 11 is 5.82. The van der Waals surface area contributed by atoms with E-state index in [1.54, 1.807) is 30.0 Å². The van der Waals surface area contributed by atoms with Crippen molar-refractivity contribution < 1.29 is 14.3 Å². The number of benzene rings is 1. The van der Waals surface area contributed by atoms with Crippen molar-refractivity contribution in [3.63, 3.8) is 0 Å². The van der Waals surface area contributed by atoms with Crippen LogP contribution in [-0.4, -0.2) is 36.1 Å². The van der Waals surface area contributed by atoms with Crippen LogP contribution in [0.1, 0.15) is 25.3 Å². The van der Waals surface area contributed by atoms with E-state index in [9.17, 15) is 9.59 Å². The van der Waals surface area contributed by atoms with Crippen molar-refractivity contribution in [3.05, 3.63) is 40.4 Å². The van der Waals surface area contributed by atoms with Crippen LogP contribution in [0.15, 0.2) is 29.8 Å². The minimum Gasteiger partial charge on any atom is -0.460 e. The average Bonchev–Trinajstić information content (AvgIpc) is 2.95. The number of carbonyl (C=O) groups excluding carboxylic acids is 2. The number of nitrogens with two attached hydrogens (primary N) is 1. The van der Waals surface area contributed by atoms with Crippen molar-refractivity contribution in [3.8, 4) is 0 Å². The molecule has 0 saturated carbocycles. The normalized spacial score (nSPS) is 18.4. The second kappa shape index (κ2) is 7.31. The van der Waals surface area contributed by atoms with Gasteiger partial charge in [0.1, 0.15) is 6.61 Å². The van der Waals surface area contributed by atoms with Gasteiger partial charge in [0.25, 0.3) is 0 Å². The molecule has 2 N–H and O–H groups in total. The Morgan fingerprint density at radius 2 is 2.09 bits per heavy atom. The Bertz CT molecular complexity index is 584. The number of halogens is 1. The Kier molecular flexibility index (Phi) is 5.44. The van der Waals surface area contributed by atoms with Crippen LogP contribution in [0.5, 0.6) is 0 Å². The summed E-state index contributed by atoms with van der Waals surface area (Å²) < 4.78 is 5.28. The van der Waals surface area contributed by atoms with Gasteiger partial charge in [0.15, 0.2) is 0 Å². The molecule has 0 bridgehead atoms. The maximum Gasteiger partial charge on any atom is 0.333 e. The van der Waals surface area contributed by atoms with Crippen molar-refractivity contribution >= 4 is 29.7 Å². The van der Waals surface area contributed by atoms with E-state index in [0.717, 1.165) is 18.4 Å². The third-order valence-corrected chi connectivity index (χ3v) is 3.89. The molecule has 1 saturated heterocycles. The highest BCUT2D eigenvalue weighted by Crippen LogP contribution is 2.18. The van der Waals surface area contributed by atoms with Crippen LogP contribution in [0.3, 0.4) is 0 Å². The quantitative estimate of drug-likeness (QED) is 0.684. The Labute approximate surface area is 134 Å². The molecule has 0 aliphatic carbocycles. The first-order chi connectivity index (χ1) is 10.5. The third kappa shape index (κ3) is 4.24. The molecule has 0 spiro atoms. The molecule has 5 nitrogen and oxygen atoms in total. The number of nitrogens with zero attached hydrogens (tertiary/aromatic N) is 1. The van der Waals surface area contributed by atoms with Crippen LogP contribution in [0, 0.1) is 0 Å². The number of amides is 2. The maximum absolute atomic E-state index is 12.0. The molecule has 118 valence electrons. The summed E-state index contributed by atoms with van der Waals surface area (Å²) in [6.07, 6.45) is 3.42. The van der Waals surface area contributed by atoms with Gasteiger partial charge in [-0.2, -0.15) is 0 Å². The van der Waals surface area contributed by atoms with Gasteiger partial charge in [0, 0.05) is 17.1 Å². The molecule has 1 unspecified atom stereocenters. The fraction of sp³-hybridized carbons (Fsp3) is 0.375. The fourth-order valence-corrected chi connectivity index (χ4v) is 2.58. The second-order valence-electron chi connectivity index (χ2n) is 5.31. The molecule has 1 fully saturated rings. The standard InChI is InChI=1S/C16H19ClN2O3/c1-11(9-12-4-6-13(17)7-5-12)15(20)22-10-14-3-2-8-19(14)16(18)21/h4-7,9,14H,2-3,8,10H2,1H3,(H2,18,21). The lowest BCUT2D eigenvalue weighted by Gasteiger charge is -2.22. The molecule has 22 heavy (non-hydrogen) atoms. The zero-order valence-electron chi connectivity index (χ0n) is 12.4. The van der Waals surface area contributed by atoms with Gasteiger partial charge >= 0.3 is 12.0 Å². The van der Waals surface area contributed by atoms with Crippen LogP contribution in [0.4, 0.5) is 4.79 Å². The summed E-state index contributed by atoms with van der Waals surface area (Å²) in [5.74, 6) is -0.397. The van der Waals surface area contributed by atoms with E-state index < -0.39 is 12.0 Å². The van der Waals surface area contributed by atoms with E-state index >= 15 is 0 Å². The van der Waals surface area contributed by atoms with Crippen LogP contribution < -0.4 is 5.73 Å². The highest BCUT2D eigenvalue weighted by atomic mass is 35.5. The van der Waals surface area contributed by atoms with Gasteiger partial charge in [-0.3, -0.25) is 0 Å². The molecule has 1 aliphatic rings. The van der Waals surface area contributed by atoms with Crippen molar-refractivity contribution in [2.75, 3.05) is 13.2 Å². The lowest BCUT2D eigenvalue weighted by atomic mass is 10.1. The first-order valence-electron chi connectivity index (χ1n) is 7.14. The summed E-state index contributed by atoms with van der Waals surface area (Å²) in [6, 6.07) is 6.58. The Morgan fingerprint density at radius 1 is 1.41 bits per heavy atom. The molecule has 1 aromatic rings. The molecule has 1 atom stereocenters. The summed E-state index contributed by atoms with van der Waals surface area (Å²) in [5.41, 5.74) is 6.66. The molecule has 2 rings (SSSR count). The van der Waals surface area contributed by atoms with Gasteiger partial charge in [0.2, 0.25) is 0 Å². The van der Waals surface area contributed by atoms with Crippen LogP contribution >= 0.6 is 11.6 Å². The van der Waals surface area contributed by atoms with Gasteiger partial charge in [-0.1, -0.05) is 23.7 Å². The van der Waals surface area contributed by atoms with Crippen LogP contribution in [0.25, 0.3) is 6.08 Å². The van der Waals surface area contributed by atoms with Crippen molar-refractivity contribution in [1.82, 2.24) is 4.90 Å². The molecule has 1 aromatic carbocycles. The number of primary amides is 1. The summed E-state index contributed by atoms with van der Waals surface area (Å²) in [5, 5.41) is 0.644. The molecule has 0 radical (unpaired) electrons. The number of esters is 1. The molecular weight excluding hydrogens is 304 g/mol. The smallest absolute Gasteiger partial charge is 0.333 e. The van der Waals surface area contributed by atoms with E-state index in [0.29, 0.717) is 17.1 Å². The van der Waals surface area contributed by atoms with Gasteiger partial charge in [-0.25, -0.2) is 9.59 Å². The highest BCUT2D eigenvalue weighted by Gasteiger charge is 2.28. The minimum atomic E-state index is -0.466. The molecule has 0 aromatic heterocycles. The predicted molar refractivity (Wildman–Crippen MR) is 85.4 cm³/mol. The van der Waals surface area contributed by atoms with Gasteiger partial charge in [-0.05, 0) is 43.5 Å². The number of likely N-dealkylation sites (tertiary alicyclic amines) is 1. The van der Waals surface area contributed by atoms with Gasteiger partial charge < -0.3 is 15.4 Å². The predicted octanol–water partition coefficient (Wildman–Crippen LogP) is 2.83. The monoisotopic (exact) mass is 322 g/mol. The Morgan fingerprint density at radius 3 is 2.73 bits per heavy atom. The molecule has 1 aliphatic heterocycles. The van der Waals surface area contributed by atoms with Crippen LogP contribution in [0.2, 0.25) is 5.02 Å². The average molecular weight is 323 g/mol. The number of ether oxygens (including phenoxy) is 1. The van der Waals surface area contributed by atoms with Gasteiger partial charge in [-0.15, -0.1) is 0 Å². The first kappa shape index (κ1) is 16.4. The summed E-state index contributed by atoms with van der Waals surface area (Å²) in [6.45, 7) is 2.49. The SMILES string of the molecule is CC(=Cc1ccc(Cl)cc1)C(=O)OCC1CCCN1C(N)=O. The highest BCUT2D eigenvalue weighted by molar-refractivity contribution is 6.30. The number of hydrogen-bond donors (Lipinski definition) is 1. The molecule has 6 heteroatoms. The van der Waals surface area contributed by atoms with Gasteiger partial charge in [0.05, 0.1) is 6.04 Å². The number of hydrogen-bond acceptors (Lipinski definition) is 3. The number of carbonyl (C=O) groups is 2. The van der Waals surface area contributed by atoms with Crippen molar-refractivity contribution in [1.29, 1.82) is 0 Å². The number of urea groups is 1. The third-order valence-electron chi connectivity index (χ3n) is 3.64. The maximum atomic E-state index is 12.0. The summed E-state index contributed by atoms with van der Waals surface area (Å²) in [4.78, 5) is 24.8. The molecule has 1 heterocycles. The first-order valence-corrected chi connectivity index (χ1v) is 7.52. The van der Waals surface area contributed by atoms with Crippen molar-refractivity contribution in [2.45, 2.75) is 25.8 Å². The topological polar surface area (TPSA) is 72.6 Å². The van der Waals surface area contributed by atoms with E-state index in [4.69, 9.17) is 22.1 Å². The summed E-state index contributed by atoms with van der Waals surface area (Å²) in [7, 11) is 0. The molecule has 2 amide bonds. The van der Waals surface area contributed by atoms with E-state index in [1.807, 2.05) is 12.1 Å². The van der Waals surface area contributed by atoms with E-state index in [1.165, 1.54) is 0 Å². The zero-order chi connectivity index (χ0) is 16.1. The van der Waals surface area contributed by atoms with Crippen molar-refractivity contribution in [2.24, 2.45) is 5.73 Å². The fourth-order valence-electron chi connectivity index (χ4n) is 2.45. The van der Waals surface area contributed by atoms with E-state index in [-0.39, 0.29) is 12.6 Å². The minimum absolute atomic E-state index is 0.121. The van der Waals surface area contributed by atoms with E-state index in [2.05, 4.69) is 0 Å². The number of rotatable bonds is 4.